The number of aromatic nitrogens is 3. The van der Waals surface area contributed by atoms with Gasteiger partial charge in [-0.1, -0.05) is 18.7 Å². The van der Waals surface area contributed by atoms with Gasteiger partial charge < -0.3 is 19.4 Å². The van der Waals surface area contributed by atoms with Crippen LogP contribution in [0.25, 0.3) is 37.1 Å². The van der Waals surface area contributed by atoms with Gasteiger partial charge in [-0.15, -0.1) is 11.3 Å². The van der Waals surface area contributed by atoms with Crippen LogP contribution in [-0.4, -0.2) is 94.3 Å². The van der Waals surface area contributed by atoms with Crippen molar-refractivity contribution in [1.82, 2.24) is 24.8 Å². The van der Waals surface area contributed by atoms with Crippen LogP contribution in [0.3, 0.4) is 0 Å². The average Bonchev–Trinajstić information content (AvgIpc) is 3.71. The number of hydrogen-bond acceptors (Lipinski definition) is 8. The van der Waals surface area contributed by atoms with Crippen LogP contribution >= 0.6 is 11.3 Å². The Bertz CT molecular complexity index is 1910. The third-order valence-electron chi connectivity index (χ3n) is 9.26. The van der Waals surface area contributed by atoms with E-state index in [1.165, 1.54) is 27.8 Å². The molecule has 3 aromatic heterocycles. The standard InChI is InChI=1S/C32H29F4N7O2S/c1-18(33)30(44)43-10-9-41(15-20(43)12-37-2)29-22-13-38-27(21-5-3-6-24-25(21)23(35)16-46-24)26(36)28(22)39-31(40-29)45-17-32-7-4-8-42(32)14-19(34)11-32/h3,5-6,13,16,19-20H,1,4,7-12,14-15,17H2/t19-,20+,32+/m1/s1. The Labute approximate surface area is 265 Å². The van der Waals surface area contributed by atoms with E-state index in [2.05, 4.69) is 31.3 Å². The van der Waals surface area contributed by atoms with Crippen molar-refractivity contribution in [1.29, 1.82) is 0 Å². The number of piperazine rings is 1. The lowest BCUT2D eigenvalue weighted by Crippen LogP contribution is -2.56. The number of fused-ring (bicyclic) bond motifs is 3. The van der Waals surface area contributed by atoms with Gasteiger partial charge in [-0.05, 0) is 25.5 Å². The number of carbonyl (C=O) groups is 1. The number of amides is 1. The van der Waals surface area contributed by atoms with Gasteiger partial charge in [0.15, 0.2) is 11.6 Å². The molecule has 1 amide bonds. The molecule has 6 heterocycles. The highest BCUT2D eigenvalue weighted by molar-refractivity contribution is 7.17. The molecule has 3 atom stereocenters. The quantitative estimate of drug-likeness (QED) is 0.147. The van der Waals surface area contributed by atoms with Gasteiger partial charge in [0, 0.05) is 59.8 Å². The summed E-state index contributed by atoms with van der Waals surface area (Å²) >= 11 is 1.20. The maximum atomic E-state index is 16.6. The average molecular weight is 652 g/mol. The van der Waals surface area contributed by atoms with Crippen LogP contribution in [0.2, 0.25) is 0 Å². The molecule has 3 aliphatic rings. The SMILES string of the molecule is [C-]#[N+]C[C@H]1CN(c2nc(OC[C@@]34CCCN3C[C@H](F)C4)nc3c(F)c(-c4cccc5scc(F)c45)ncc23)CCN1C(=O)C(=C)F. The molecule has 0 spiro atoms. The summed E-state index contributed by atoms with van der Waals surface area (Å²) in [5.41, 5.74) is -0.432. The molecule has 46 heavy (non-hydrogen) atoms. The lowest BCUT2D eigenvalue weighted by Gasteiger charge is -2.39. The van der Waals surface area contributed by atoms with Crippen molar-refractivity contribution in [3.05, 3.63) is 65.2 Å². The van der Waals surface area contributed by atoms with E-state index < -0.39 is 41.1 Å². The van der Waals surface area contributed by atoms with Crippen LogP contribution in [0.15, 0.2) is 42.2 Å². The fourth-order valence-corrected chi connectivity index (χ4v) is 7.97. The van der Waals surface area contributed by atoms with Gasteiger partial charge in [0.05, 0.1) is 10.9 Å². The van der Waals surface area contributed by atoms with Gasteiger partial charge in [-0.2, -0.15) is 9.97 Å². The molecule has 9 nitrogen and oxygen atoms in total. The summed E-state index contributed by atoms with van der Waals surface area (Å²) < 4.78 is 66.4. The Morgan fingerprint density at radius 3 is 2.87 bits per heavy atom. The van der Waals surface area contributed by atoms with Crippen LogP contribution in [0.5, 0.6) is 6.01 Å². The third kappa shape index (κ3) is 5.11. The maximum Gasteiger partial charge on any atom is 0.319 e. The van der Waals surface area contributed by atoms with E-state index in [4.69, 9.17) is 11.3 Å². The Balaban J connectivity index is 1.32. The van der Waals surface area contributed by atoms with E-state index in [1.807, 2.05) is 0 Å². The first-order chi connectivity index (χ1) is 22.2. The highest BCUT2D eigenvalue weighted by Gasteiger charge is 2.49. The Morgan fingerprint density at radius 1 is 1.22 bits per heavy atom. The highest BCUT2D eigenvalue weighted by atomic mass is 32.1. The number of halogens is 4. The van der Waals surface area contributed by atoms with Crippen molar-refractivity contribution < 1.29 is 27.1 Å². The minimum Gasteiger partial charge on any atom is -0.461 e. The summed E-state index contributed by atoms with van der Waals surface area (Å²) in [6.45, 7) is 12.0. The largest absolute Gasteiger partial charge is 0.461 e. The predicted octanol–water partition coefficient (Wildman–Crippen LogP) is 5.56. The summed E-state index contributed by atoms with van der Waals surface area (Å²) in [5.74, 6) is -3.03. The van der Waals surface area contributed by atoms with Crippen LogP contribution in [-0.2, 0) is 4.79 Å². The molecule has 3 aliphatic heterocycles. The van der Waals surface area contributed by atoms with Gasteiger partial charge in [0.25, 0.3) is 5.91 Å². The van der Waals surface area contributed by atoms with E-state index in [-0.39, 0.29) is 72.2 Å². The van der Waals surface area contributed by atoms with E-state index >= 15 is 4.39 Å². The zero-order valence-corrected chi connectivity index (χ0v) is 25.5. The first kappa shape index (κ1) is 30.3. The second kappa shape index (κ2) is 11.8. The summed E-state index contributed by atoms with van der Waals surface area (Å²) in [4.78, 5) is 34.6. The van der Waals surface area contributed by atoms with E-state index in [1.54, 1.807) is 23.1 Å². The minimum atomic E-state index is -1.12. The summed E-state index contributed by atoms with van der Waals surface area (Å²) in [7, 11) is 0. The number of carbonyl (C=O) groups excluding carboxylic acids is 1. The smallest absolute Gasteiger partial charge is 0.319 e. The normalized spacial score (nSPS) is 23.2. The van der Waals surface area contributed by atoms with Gasteiger partial charge >= 0.3 is 6.01 Å². The van der Waals surface area contributed by atoms with Crippen LogP contribution < -0.4 is 9.64 Å². The molecule has 3 fully saturated rings. The predicted molar refractivity (Wildman–Crippen MR) is 166 cm³/mol. The zero-order chi connectivity index (χ0) is 32.2. The Kier molecular flexibility index (Phi) is 7.76. The summed E-state index contributed by atoms with van der Waals surface area (Å²) in [6, 6.07) is 4.23. The number of ether oxygens (including phenoxy) is 1. The Morgan fingerprint density at radius 2 is 2.07 bits per heavy atom. The number of pyridine rings is 1. The molecule has 1 aromatic carbocycles. The number of anilines is 1. The van der Waals surface area contributed by atoms with Crippen molar-refractivity contribution in [2.75, 3.05) is 50.8 Å². The molecule has 0 N–H and O–H groups in total. The topological polar surface area (TPSA) is 79.1 Å². The molecule has 238 valence electrons. The maximum absolute atomic E-state index is 16.6. The molecule has 0 saturated carbocycles. The van der Waals surface area contributed by atoms with Crippen LogP contribution in [0, 0.1) is 18.2 Å². The number of alkyl halides is 1. The first-order valence-corrected chi connectivity index (χ1v) is 15.8. The van der Waals surface area contributed by atoms with Crippen molar-refractivity contribution in [2.24, 2.45) is 0 Å². The van der Waals surface area contributed by atoms with Gasteiger partial charge in [0.2, 0.25) is 6.54 Å². The lowest BCUT2D eigenvalue weighted by molar-refractivity contribution is -0.131. The van der Waals surface area contributed by atoms with Crippen molar-refractivity contribution >= 4 is 44.1 Å². The third-order valence-corrected chi connectivity index (χ3v) is 10.2. The monoisotopic (exact) mass is 651 g/mol. The lowest BCUT2D eigenvalue weighted by atomic mass is 9.95. The van der Waals surface area contributed by atoms with Crippen molar-refractivity contribution in [3.8, 4) is 17.3 Å². The summed E-state index contributed by atoms with van der Waals surface area (Å²) in [5, 5.41) is 1.86. The second-order valence-electron chi connectivity index (χ2n) is 12.0. The molecular weight excluding hydrogens is 622 g/mol. The minimum absolute atomic E-state index is 0.0625. The van der Waals surface area contributed by atoms with Crippen molar-refractivity contribution in [3.63, 3.8) is 0 Å². The fraction of sp³-hybridized carbons (Fsp3) is 0.406. The first-order valence-electron chi connectivity index (χ1n) is 15.0. The summed E-state index contributed by atoms with van der Waals surface area (Å²) in [6.07, 6.45) is 2.43. The van der Waals surface area contributed by atoms with Gasteiger partial charge in [0.1, 0.15) is 41.7 Å². The van der Waals surface area contributed by atoms with Crippen LogP contribution in [0.4, 0.5) is 23.4 Å². The molecule has 0 unspecified atom stereocenters. The van der Waals surface area contributed by atoms with Gasteiger partial charge in [-0.3, -0.25) is 14.7 Å². The van der Waals surface area contributed by atoms with Gasteiger partial charge in [-0.25, -0.2) is 24.1 Å². The molecule has 3 saturated heterocycles. The van der Waals surface area contributed by atoms with Crippen molar-refractivity contribution in [2.45, 2.75) is 37.0 Å². The molecule has 7 rings (SSSR count). The number of nitrogens with zero attached hydrogens (tertiary/aromatic N) is 7. The second-order valence-corrected chi connectivity index (χ2v) is 12.9. The number of benzene rings is 1. The van der Waals surface area contributed by atoms with Crippen LogP contribution in [0.1, 0.15) is 19.3 Å². The molecule has 0 bridgehead atoms. The zero-order valence-electron chi connectivity index (χ0n) is 24.7. The molecule has 4 aromatic rings. The number of thiophene rings is 1. The highest BCUT2D eigenvalue weighted by Crippen LogP contribution is 2.41. The molecular formula is C32H29F4N7O2S. The molecule has 14 heteroatoms. The molecule has 0 radical (unpaired) electrons. The fourth-order valence-electron chi connectivity index (χ4n) is 7.14. The molecule has 0 aliphatic carbocycles. The van der Waals surface area contributed by atoms with E-state index in [9.17, 15) is 18.0 Å². The Hall–Kier alpha value is -4.35. The number of rotatable bonds is 7. The number of hydrogen-bond donors (Lipinski definition) is 0. The van der Waals surface area contributed by atoms with E-state index in [0.29, 0.717) is 17.7 Å². The van der Waals surface area contributed by atoms with E-state index in [0.717, 1.165) is 19.4 Å².